The fourth-order valence-corrected chi connectivity index (χ4v) is 5.63. The van der Waals surface area contributed by atoms with Gasteiger partial charge in [-0.3, -0.25) is 4.79 Å². The lowest BCUT2D eigenvalue weighted by Crippen LogP contribution is -2.42. The van der Waals surface area contributed by atoms with E-state index < -0.39 is 17.3 Å². The largest absolute Gasteiger partial charge is 0.491 e. The van der Waals surface area contributed by atoms with Crippen molar-refractivity contribution in [2.45, 2.75) is 18.1 Å². The quantitative estimate of drug-likeness (QED) is 0.329. The van der Waals surface area contributed by atoms with Crippen molar-refractivity contribution in [3.05, 3.63) is 88.1 Å². The van der Waals surface area contributed by atoms with E-state index in [1.54, 1.807) is 23.1 Å². The van der Waals surface area contributed by atoms with Gasteiger partial charge in [0, 0.05) is 22.7 Å². The average Bonchev–Trinajstić information content (AvgIpc) is 3.55. The molecule has 10 heteroatoms. The maximum absolute atomic E-state index is 14.1. The first-order valence-corrected chi connectivity index (χ1v) is 11.8. The van der Waals surface area contributed by atoms with Crippen LogP contribution in [0.25, 0.3) is 10.9 Å². The molecule has 0 N–H and O–H groups in total. The van der Waals surface area contributed by atoms with Gasteiger partial charge < -0.3 is 19.1 Å². The van der Waals surface area contributed by atoms with Crippen LogP contribution in [0.15, 0.2) is 60.7 Å². The molecule has 3 aromatic carbocycles. The highest BCUT2D eigenvalue weighted by molar-refractivity contribution is 6.35. The summed E-state index contributed by atoms with van der Waals surface area (Å²) in [6.45, 7) is 0.418. The summed E-state index contributed by atoms with van der Waals surface area (Å²) >= 11 is 6.21. The molecule has 0 saturated carbocycles. The third-order valence-electron chi connectivity index (χ3n) is 7.10. The molecule has 1 atom stereocenters. The molecule has 37 heavy (non-hydrogen) atoms. The van der Waals surface area contributed by atoms with Crippen LogP contribution < -0.4 is 19.1 Å². The number of hydrogen-bond acceptors (Lipinski definition) is 5. The van der Waals surface area contributed by atoms with Gasteiger partial charge in [-0.15, -0.1) is 0 Å². The lowest BCUT2D eigenvalue weighted by molar-refractivity contribution is -0.141. The zero-order valence-electron chi connectivity index (χ0n) is 18.9. The van der Waals surface area contributed by atoms with Crippen molar-refractivity contribution in [2.24, 2.45) is 0 Å². The number of alkyl halides is 3. The predicted molar refractivity (Wildman–Crippen MR) is 128 cm³/mol. The minimum absolute atomic E-state index is 0.0574. The van der Waals surface area contributed by atoms with Gasteiger partial charge in [0.05, 0.1) is 17.1 Å². The van der Waals surface area contributed by atoms with E-state index in [0.717, 1.165) is 17.3 Å². The van der Waals surface area contributed by atoms with E-state index in [2.05, 4.69) is 4.98 Å². The Balaban J connectivity index is 1.30. The van der Waals surface area contributed by atoms with Crippen LogP contribution in [0.4, 0.5) is 18.9 Å². The van der Waals surface area contributed by atoms with Crippen LogP contribution in [0.2, 0.25) is 5.02 Å². The summed E-state index contributed by atoms with van der Waals surface area (Å²) in [4.78, 5) is 19.5. The molecule has 1 aromatic heterocycles. The Morgan fingerprint density at radius 3 is 2.54 bits per heavy atom. The molecule has 3 aliphatic rings. The van der Waals surface area contributed by atoms with Crippen LogP contribution in [-0.2, 0) is 22.9 Å². The first-order valence-electron chi connectivity index (χ1n) is 11.4. The Hall–Kier alpha value is -3.98. The normalized spacial score (nSPS) is 19.5. The number of aromatic nitrogens is 1. The Morgan fingerprint density at radius 1 is 0.946 bits per heavy atom. The van der Waals surface area contributed by atoms with Crippen LogP contribution >= 0.6 is 11.6 Å². The van der Waals surface area contributed by atoms with Crippen molar-refractivity contribution in [1.82, 2.24) is 4.98 Å². The van der Waals surface area contributed by atoms with Crippen molar-refractivity contribution >= 4 is 34.1 Å². The van der Waals surface area contributed by atoms with Gasteiger partial charge in [0.2, 0.25) is 12.7 Å². The topological polar surface area (TPSA) is 60.9 Å². The van der Waals surface area contributed by atoms with Gasteiger partial charge in [-0.05, 0) is 41.5 Å². The monoisotopic (exact) mass is 524 g/mol. The minimum Gasteiger partial charge on any atom is -0.491 e. The molecule has 4 heterocycles. The highest BCUT2D eigenvalue weighted by Crippen LogP contribution is 2.55. The van der Waals surface area contributed by atoms with Crippen molar-refractivity contribution in [1.29, 1.82) is 0 Å². The summed E-state index contributed by atoms with van der Waals surface area (Å²) in [6, 6.07) is 16.7. The average molecular weight is 525 g/mol. The number of halogens is 4. The lowest BCUT2D eigenvalue weighted by Gasteiger charge is -2.23. The first kappa shape index (κ1) is 22.2. The summed E-state index contributed by atoms with van der Waals surface area (Å²) in [6.07, 6.45) is -4.60. The molecule has 1 unspecified atom stereocenters. The smallest absolute Gasteiger partial charge is 0.433 e. The molecule has 0 saturated heterocycles. The second-order valence-electron chi connectivity index (χ2n) is 9.14. The zero-order valence-corrected chi connectivity index (χ0v) is 19.7. The standard InChI is InChI=1S/C27H16ClF3N2O4/c28-18-9-24(27(29,30)31)32-19-6-5-14(7-15(18)19)11-33-20-4-2-1-3-16(20)26(25(33)34)12-35-21-10-23-22(8-17(21)26)36-13-37-23/h1-10H,11-13H2. The molecule has 6 nitrogen and oxygen atoms in total. The van der Waals surface area contributed by atoms with Crippen LogP contribution in [0.1, 0.15) is 22.4 Å². The molecule has 4 aromatic rings. The van der Waals surface area contributed by atoms with E-state index in [9.17, 15) is 18.0 Å². The number of pyridine rings is 1. The number of ether oxygens (including phenoxy) is 3. The van der Waals surface area contributed by atoms with E-state index in [4.69, 9.17) is 25.8 Å². The molecule has 7 rings (SSSR count). The molecule has 3 aliphatic heterocycles. The van der Waals surface area contributed by atoms with Gasteiger partial charge in [-0.1, -0.05) is 35.9 Å². The van der Waals surface area contributed by atoms with Crippen molar-refractivity contribution in [3.63, 3.8) is 0 Å². The fourth-order valence-electron chi connectivity index (χ4n) is 5.38. The predicted octanol–water partition coefficient (Wildman–Crippen LogP) is 5.86. The number of carbonyl (C=O) groups excluding carboxylic acids is 1. The van der Waals surface area contributed by atoms with E-state index in [1.165, 1.54) is 6.07 Å². The molecule has 0 bridgehead atoms. The number of para-hydroxylation sites is 1. The van der Waals surface area contributed by atoms with Gasteiger partial charge in [-0.2, -0.15) is 13.2 Å². The number of nitrogens with zero attached hydrogens (tertiary/aromatic N) is 2. The Bertz CT molecular complexity index is 1640. The van der Waals surface area contributed by atoms with Crippen molar-refractivity contribution in [2.75, 3.05) is 18.3 Å². The Labute approximate surface area is 213 Å². The summed E-state index contributed by atoms with van der Waals surface area (Å²) in [7, 11) is 0. The summed E-state index contributed by atoms with van der Waals surface area (Å²) in [5, 5.41) is 0.321. The number of hydrogen-bond donors (Lipinski definition) is 0. The van der Waals surface area contributed by atoms with E-state index in [1.807, 2.05) is 30.3 Å². The second kappa shape index (κ2) is 7.52. The number of carbonyl (C=O) groups is 1. The van der Waals surface area contributed by atoms with Gasteiger partial charge in [0.1, 0.15) is 23.5 Å². The molecular formula is C27H16ClF3N2O4. The van der Waals surface area contributed by atoms with Crippen molar-refractivity contribution in [3.8, 4) is 17.2 Å². The van der Waals surface area contributed by atoms with Gasteiger partial charge >= 0.3 is 6.18 Å². The Morgan fingerprint density at radius 2 is 1.73 bits per heavy atom. The van der Waals surface area contributed by atoms with E-state index in [0.29, 0.717) is 33.8 Å². The minimum atomic E-state index is -4.60. The number of rotatable bonds is 2. The number of benzene rings is 3. The van der Waals surface area contributed by atoms with Crippen LogP contribution in [-0.4, -0.2) is 24.3 Å². The van der Waals surface area contributed by atoms with E-state index in [-0.39, 0.29) is 36.4 Å². The number of amides is 1. The van der Waals surface area contributed by atoms with Crippen LogP contribution in [0.3, 0.4) is 0 Å². The van der Waals surface area contributed by atoms with Gasteiger partial charge in [0.15, 0.2) is 11.5 Å². The van der Waals surface area contributed by atoms with Crippen LogP contribution in [0.5, 0.6) is 17.2 Å². The molecule has 1 spiro atoms. The third kappa shape index (κ3) is 3.13. The Kier molecular flexibility index (Phi) is 4.52. The SMILES string of the molecule is O=C1N(Cc2ccc3nc(C(F)(F)F)cc(Cl)c3c2)c2ccccc2C12COc1cc3c(cc12)OCO3. The zero-order chi connectivity index (χ0) is 25.5. The van der Waals surface area contributed by atoms with Gasteiger partial charge in [-0.25, -0.2) is 4.98 Å². The maximum atomic E-state index is 14.1. The highest BCUT2D eigenvalue weighted by atomic mass is 35.5. The summed E-state index contributed by atoms with van der Waals surface area (Å²) in [5.41, 5.74) is 0.978. The number of anilines is 1. The summed E-state index contributed by atoms with van der Waals surface area (Å²) < 4.78 is 56.5. The third-order valence-corrected chi connectivity index (χ3v) is 7.41. The molecule has 0 fully saturated rings. The first-order chi connectivity index (χ1) is 17.8. The van der Waals surface area contributed by atoms with E-state index >= 15 is 0 Å². The molecule has 1 amide bonds. The summed E-state index contributed by atoms with van der Waals surface area (Å²) in [5.74, 6) is 1.53. The van der Waals surface area contributed by atoms with Gasteiger partial charge in [0.25, 0.3) is 0 Å². The molecule has 0 aliphatic carbocycles. The highest BCUT2D eigenvalue weighted by Gasteiger charge is 2.57. The molecule has 186 valence electrons. The van der Waals surface area contributed by atoms with Crippen LogP contribution in [0, 0.1) is 0 Å². The second-order valence-corrected chi connectivity index (χ2v) is 9.55. The fraction of sp³-hybridized carbons (Fsp3) is 0.185. The molecule has 0 radical (unpaired) electrons. The van der Waals surface area contributed by atoms with Crippen molar-refractivity contribution < 1.29 is 32.2 Å². The molecular weight excluding hydrogens is 509 g/mol. The number of fused-ring (bicyclic) bond motifs is 6. The maximum Gasteiger partial charge on any atom is 0.433 e. The lowest BCUT2D eigenvalue weighted by atomic mass is 9.77.